The van der Waals surface area contributed by atoms with Gasteiger partial charge in [0.15, 0.2) is 0 Å². The van der Waals surface area contributed by atoms with Crippen molar-refractivity contribution < 1.29 is 0 Å². The molecule has 1 aliphatic heterocycles. The number of hydrogen-bond donors (Lipinski definition) is 1. The summed E-state index contributed by atoms with van der Waals surface area (Å²) in [5.74, 6) is 0.695. The lowest BCUT2D eigenvalue weighted by molar-refractivity contribution is 0.271. The van der Waals surface area contributed by atoms with Crippen molar-refractivity contribution in [2.75, 3.05) is 18.0 Å². The first kappa shape index (κ1) is 15.4. The molecule has 1 heterocycles. The fourth-order valence-electron chi connectivity index (χ4n) is 3.41. The van der Waals surface area contributed by atoms with E-state index < -0.39 is 0 Å². The maximum atomic E-state index is 3.73. The zero-order valence-electron chi connectivity index (χ0n) is 13.5. The lowest BCUT2D eigenvalue weighted by Gasteiger charge is -2.45. The minimum Gasteiger partial charge on any atom is -0.368 e. The molecule has 1 aliphatic rings. The Balaban J connectivity index is 2.12. The number of anilines is 1. The zero-order chi connectivity index (χ0) is 14.5. The number of nitrogens with zero attached hydrogens (tertiary/aromatic N) is 1. The van der Waals surface area contributed by atoms with E-state index in [4.69, 9.17) is 0 Å². The van der Waals surface area contributed by atoms with Crippen molar-refractivity contribution in [3.63, 3.8) is 0 Å². The van der Waals surface area contributed by atoms with Gasteiger partial charge >= 0.3 is 0 Å². The molecule has 2 rings (SSSR count). The van der Waals surface area contributed by atoms with Crippen LogP contribution in [0.4, 0.5) is 5.69 Å². The molecule has 0 aromatic heterocycles. The van der Waals surface area contributed by atoms with Crippen LogP contribution in [0, 0.1) is 5.92 Å². The standard InChI is InChI=1S/C18H30N2/c1-5-12-19-17-11-13-20(15(4)14(17)3)18-10-8-7-9-16(18)6-2/h7-10,14-15,17,19H,5-6,11-13H2,1-4H3. The second kappa shape index (κ2) is 7.12. The summed E-state index contributed by atoms with van der Waals surface area (Å²) >= 11 is 0. The highest BCUT2D eigenvalue weighted by Crippen LogP contribution is 2.31. The maximum absolute atomic E-state index is 3.73. The van der Waals surface area contributed by atoms with Crippen molar-refractivity contribution >= 4 is 5.69 Å². The fraction of sp³-hybridized carbons (Fsp3) is 0.667. The van der Waals surface area contributed by atoms with Crippen LogP contribution in [-0.4, -0.2) is 25.2 Å². The molecule has 3 atom stereocenters. The van der Waals surface area contributed by atoms with E-state index in [2.05, 4.69) is 62.2 Å². The van der Waals surface area contributed by atoms with E-state index in [0.29, 0.717) is 18.0 Å². The van der Waals surface area contributed by atoms with E-state index in [-0.39, 0.29) is 0 Å². The Labute approximate surface area is 124 Å². The van der Waals surface area contributed by atoms with Crippen LogP contribution in [0.25, 0.3) is 0 Å². The van der Waals surface area contributed by atoms with Crippen molar-refractivity contribution in [3.8, 4) is 0 Å². The van der Waals surface area contributed by atoms with Gasteiger partial charge in [0.2, 0.25) is 0 Å². The minimum atomic E-state index is 0.603. The van der Waals surface area contributed by atoms with Gasteiger partial charge in [0, 0.05) is 24.3 Å². The second-order valence-electron chi connectivity index (χ2n) is 6.12. The van der Waals surface area contributed by atoms with E-state index in [1.807, 2.05) is 0 Å². The molecular weight excluding hydrogens is 244 g/mol. The van der Waals surface area contributed by atoms with Gasteiger partial charge in [-0.05, 0) is 50.3 Å². The van der Waals surface area contributed by atoms with Crippen LogP contribution in [0.15, 0.2) is 24.3 Å². The van der Waals surface area contributed by atoms with E-state index >= 15 is 0 Å². The van der Waals surface area contributed by atoms with Crippen LogP contribution in [0.1, 0.15) is 46.1 Å². The molecule has 1 aromatic carbocycles. The van der Waals surface area contributed by atoms with Gasteiger partial charge in [0.1, 0.15) is 0 Å². The number of hydrogen-bond acceptors (Lipinski definition) is 2. The largest absolute Gasteiger partial charge is 0.368 e. The Hall–Kier alpha value is -1.02. The third kappa shape index (κ3) is 3.17. The van der Waals surface area contributed by atoms with Gasteiger partial charge in [-0.1, -0.05) is 39.0 Å². The topological polar surface area (TPSA) is 15.3 Å². The molecular formula is C18H30N2. The molecule has 1 fully saturated rings. The predicted molar refractivity (Wildman–Crippen MR) is 88.5 cm³/mol. The van der Waals surface area contributed by atoms with E-state index in [1.54, 1.807) is 0 Å². The van der Waals surface area contributed by atoms with Gasteiger partial charge in [0.05, 0.1) is 0 Å². The number of rotatable bonds is 5. The molecule has 112 valence electrons. The van der Waals surface area contributed by atoms with Gasteiger partial charge in [-0.2, -0.15) is 0 Å². The summed E-state index contributed by atoms with van der Waals surface area (Å²) in [6, 6.07) is 10.2. The van der Waals surface area contributed by atoms with Crippen molar-refractivity contribution in [3.05, 3.63) is 29.8 Å². The molecule has 0 amide bonds. The van der Waals surface area contributed by atoms with Crippen LogP contribution in [0.5, 0.6) is 0 Å². The van der Waals surface area contributed by atoms with Gasteiger partial charge < -0.3 is 10.2 Å². The Kier molecular flexibility index (Phi) is 5.47. The van der Waals surface area contributed by atoms with E-state index in [0.717, 1.165) is 13.0 Å². The molecule has 0 bridgehead atoms. The predicted octanol–water partition coefficient (Wildman–Crippen LogP) is 3.85. The van der Waals surface area contributed by atoms with Crippen LogP contribution in [-0.2, 0) is 6.42 Å². The molecule has 20 heavy (non-hydrogen) atoms. The van der Waals surface area contributed by atoms with Crippen LogP contribution >= 0.6 is 0 Å². The third-order valence-electron chi connectivity index (χ3n) is 4.91. The summed E-state index contributed by atoms with van der Waals surface area (Å²) in [7, 11) is 0. The minimum absolute atomic E-state index is 0.603. The summed E-state index contributed by atoms with van der Waals surface area (Å²) in [6.07, 6.45) is 3.59. The molecule has 0 spiro atoms. The molecule has 0 saturated carbocycles. The Morgan fingerprint density at radius 1 is 1.20 bits per heavy atom. The quantitative estimate of drug-likeness (QED) is 0.877. The highest BCUT2D eigenvalue weighted by Gasteiger charge is 2.32. The molecule has 1 N–H and O–H groups in total. The number of aryl methyl sites for hydroxylation is 1. The van der Waals surface area contributed by atoms with Gasteiger partial charge in [0.25, 0.3) is 0 Å². The first-order chi connectivity index (χ1) is 9.69. The lowest BCUT2D eigenvalue weighted by atomic mass is 9.86. The van der Waals surface area contributed by atoms with E-state index in [9.17, 15) is 0 Å². The summed E-state index contributed by atoms with van der Waals surface area (Å²) in [4.78, 5) is 2.62. The first-order valence-electron chi connectivity index (χ1n) is 8.26. The molecule has 1 saturated heterocycles. The molecule has 0 radical (unpaired) electrons. The van der Waals surface area contributed by atoms with Crippen LogP contribution in [0.3, 0.4) is 0 Å². The SMILES string of the molecule is CCCNC1CCN(c2ccccc2CC)C(C)C1C. The summed E-state index contributed by atoms with van der Waals surface area (Å²) < 4.78 is 0. The van der Waals surface area contributed by atoms with Gasteiger partial charge in [-0.15, -0.1) is 0 Å². The van der Waals surface area contributed by atoms with Crippen LogP contribution < -0.4 is 10.2 Å². The second-order valence-corrected chi connectivity index (χ2v) is 6.12. The number of benzene rings is 1. The third-order valence-corrected chi connectivity index (χ3v) is 4.91. The number of para-hydroxylation sites is 1. The maximum Gasteiger partial charge on any atom is 0.0401 e. The Morgan fingerprint density at radius 3 is 2.65 bits per heavy atom. The highest BCUT2D eigenvalue weighted by molar-refractivity contribution is 5.55. The summed E-state index contributed by atoms with van der Waals surface area (Å²) in [5.41, 5.74) is 2.93. The van der Waals surface area contributed by atoms with Crippen molar-refractivity contribution in [1.82, 2.24) is 5.32 Å². The lowest BCUT2D eigenvalue weighted by Crippen LogP contribution is -2.53. The zero-order valence-corrected chi connectivity index (χ0v) is 13.5. The van der Waals surface area contributed by atoms with Crippen molar-refractivity contribution in [1.29, 1.82) is 0 Å². The van der Waals surface area contributed by atoms with Crippen molar-refractivity contribution in [2.24, 2.45) is 5.92 Å². The summed E-state index contributed by atoms with van der Waals surface area (Å²) in [5, 5.41) is 3.73. The van der Waals surface area contributed by atoms with Gasteiger partial charge in [-0.3, -0.25) is 0 Å². The van der Waals surface area contributed by atoms with Crippen LogP contribution in [0.2, 0.25) is 0 Å². The molecule has 3 unspecified atom stereocenters. The molecule has 2 heteroatoms. The molecule has 2 nitrogen and oxygen atoms in total. The molecule has 1 aromatic rings. The normalized spacial score (nSPS) is 26.8. The first-order valence-corrected chi connectivity index (χ1v) is 8.26. The molecule has 0 aliphatic carbocycles. The monoisotopic (exact) mass is 274 g/mol. The smallest absolute Gasteiger partial charge is 0.0401 e. The van der Waals surface area contributed by atoms with Crippen molar-refractivity contribution in [2.45, 2.75) is 59.0 Å². The average Bonchev–Trinajstić information content (AvgIpc) is 2.49. The highest BCUT2D eigenvalue weighted by atomic mass is 15.2. The number of piperidine rings is 1. The van der Waals surface area contributed by atoms with Gasteiger partial charge in [-0.25, -0.2) is 0 Å². The summed E-state index contributed by atoms with van der Waals surface area (Å²) in [6.45, 7) is 11.6. The number of nitrogens with one attached hydrogen (secondary N) is 1. The Bertz CT molecular complexity index is 416. The fourth-order valence-corrected chi connectivity index (χ4v) is 3.41. The Morgan fingerprint density at radius 2 is 1.95 bits per heavy atom. The van der Waals surface area contributed by atoms with E-state index in [1.165, 1.54) is 30.6 Å². The average molecular weight is 274 g/mol.